The molecule has 4 nitrogen and oxygen atoms in total. The highest BCUT2D eigenvalue weighted by atomic mass is 79.9. The molecule has 2 rings (SSSR count). The standard InChI is InChI=1S/C13H11BrO4S2/c1-20(16,17)10-4-2-9(3-5-10)18-8-11(15)12-6-7-13(14)19-12/h2-7H,8H2,1H3. The monoisotopic (exact) mass is 374 g/mol. The minimum absolute atomic E-state index is 0.0782. The van der Waals surface area contributed by atoms with Crippen LogP contribution >= 0.6 is 27.3 Å². The molecular formula is C13H11BrO4S2. The van der Waals surface area contributed by atoms with Crippen molar-refractivity contribution in [1.29, 1.82) is 0 Å². The fraction of sp³-hybridized carbons (Fsp3) is 0.154. The second-order valence-electron chi connectivity index (χ2n) is 4.06. The average Bonchev–Trinajstić information content (AvgIpc) is 2.82. The van der Waals surface area contributed by atoms with Gasteiger partial charge in [0.2, 0.25) is 5.78 Å². The van der Waals surface area contributed by atoms with Gasteiger partial charge in [0.05, 0.1) is 13.6 Å². The summed E-state index contributed by atoms with van der Waals surface area (Å²) in [7, 11) is -3.22. The molecule has 0 aliphatic heterocycles. The zero-order valence-electron chi connectivity index (χ0n) is 10.5. The van der Waals surface area contributed by atoms with Crippen molar-refractivity contribution in [3.63, 3.8) is 0 Å². The molecule has 1 aromatic heterocycles. The maximum Gasteiger partial charge on any atom is 0.210 e. The van der Waals surface area contributed by atoms with Gasteiger partial charge in [-0.05, 0) is 52.3 Å². The van der Waals surface area contributed by atoms with Crippen molar-refractivity contribution in [2.24, 2.45) is 0 Å². The molecule has 0 aliphatic carbocycles. The summed E-state index contributed by atoms with van der Waals surface area (Å²) in [5.41, 5.74) is 0. The number of ether oxygens (including phenoxy) is 1. The van der Waals surface area contributed by atoms with Gasteiger partial charge < -0.3 is 4.74 Å². The number of carbonyl (C=O) groups excluding carboxylic acids is 1. The first-order chi connectivity index (χ1) is 9.36. The summed E-state index contributed by atoms with van der Waals surface area (Å²) in [6.07, 6.45) is 1.14. The van der Waals surface area contributed by atoms with Crippen molar-refractivity contribution < 1.29 is 17.9 Å². The Bertz CT molecular complexity index is 717. The van der Waals surface area contributed by atoms with E-state index in [-0.39, 0.29) is 17.3 Å². The molecule has 1 aromatic carbocycles. The Morgan fingerprint density at radius 3 is 2.35 bits per heavy atom. The molecule has 0 N–H and O–H groups in total. The lowest BCUT2D eigenvalue weighted by molar-refractivity contribution is 0.0925. The van der Waals surface area contributed by atoms with Crippen molar-refractivity contribution in [1.82, 2.24) is 0 Å². The van der Waals surface area contributed by atoms with Gasteiger partial charge in [0.15, 0.2) is 16.4 Å². The van der Waals surface area contributed by atoms with Crippen LogP contribution in [-0.2, 0) is 9.84 Å². The molecule has 0 atom stereocenters. The fourth-order valence-corrected chi connectivity index (χ4v) is 3.41. The minimum atomic E-state index is -3.22. The van der Waals surface area contributed by atoms with Gasteiger partial charge in [0.1, 0.15) is 5.75 Å². The number of benzene rings is 1. The lowest BCUT2D eigenvalue weighted by Gasteiger charge is -2.05. The summed E-state index contributed by atoms with van der Waals surface area (Å²) in [4.78, 5) is 12.7. The van der Waals surface area contributed by atoms with E-state index in [2.05, 4.69) is 15.9 Å². The lowest BCUT2D eigenvalue weighted by Crippen LogP contribution is -2.10. The number of sulfone groups is 1. The summed E-state index contributed by atoms with van der Waals surface area (Å²) in [5, 5.41) is 0. The van der Waals surface area contributed by atoms with Crippen molar-refractivity contribution >= 4 is 42.9 Å². The largest absolute Gasteiger partial charge is 0.485 e. The SMILES string of the molecule is CS(=O)(=O)c1ccc(OCC(=O)c2ccc(Br)s2)cc1. The molecule has 0 spiro atoms. The summed E-state index contributed by atoms with van der Waals surface area (Å²) in [5.74, 6) is 0.342. The third-order valence-electron chi connectivity index (χ3n) is 2.47. The quantitative estimate of drug-likeness (QED) is 0.754. The van der Waals surface area contributed by atoms with Crippen LogP contribution in [-0.4, -0.2) is 27.1 Å². The minimum Gasteiger partial charge on any atom is -0.485 e. The van der Waals surface area contributed by atoms with E-state index in [1.54, 1.807) is 12.1 Å². The van der Waals surface area contributed by atoms with E-state index in [0.29, 0.717) is 10.6 Å². The molecule has 0 saturated carbocycles. The number of halogens is 1. The predicted molar refractivity (Wildman–Crippen MR) is 81.4 cm³/mol. The predicted octanol–water partition coefficient (Wildman–Crippen LogP) is 3.18. The van der Waals surface area contributed by atoms with Crippen LogP contribution in [0.25, 0.3) is 0 Å². The van der Waals surface area contributed by atoms with Gasteiger partial charge in [-0.1, -0.05) is 0 Å². The van der Waals surface area contributed by atoms with Crippen molar-refractivity contribution in [2.45, 2.75) is 4.90 Å². The Morgan fingerprint density at radius 2 is 1.85 bits per heavy atom. The number of carbonyl (C=O) groups is 1. The first kappa shape index (κ1) is 15.2. The summed E-state index contributed by atoms with van der Waals surface area (Å²) in [6.45, 7) is -0.0782. The lowest BCUT2D eigenvalue weighted by atomic mass is 10.3. The van der Waals surface area contributed by atoms with Crippen LogP contribution in [0.3, 0.4) is 0 Å². The highest BCUT2D eigenvalue weighted by Gasteiger charge is 2.10. The number of thiophene rings is 1. The molecule has 1 heterocycles. The van der Waals surface area contributed by atoms with E-state index in [4.69, 9.17) is 4.74 Å². The molecule has 2 aromatic rings. The average molecular weight is 375 g/mol. The van der Waals surface area contributed by atoms with E-state index in [9.17, 15) is 13.2 Å². The first-order valence-corrected chi connectivity index (χ1v) is 9.08. The molecule has 0 saturated heterocycles. The van der Waals surface area contributed by atoms with Gasteiger partial charge in [0.25, 0.3) is 0 Å². The van der Waals surface area contributed by atoms with Crippen LogP contribution < -0.4 is 4.74 Å². The molecule has 0 amide bonds. The van der Waals surface area contributed by atoms with Crippen molar-refractivity contribution in [2.75, 3.05) is 12.9 Å². The zero-order valence-corrected chi connectivity index (χ0v) is 13.7. The molecular weight excluding hydrogens is 364 g/mol. The maximum absolute atomic E-state index is 11.8. The van der Waals surface area contributed by atoms with Gasteiger partial charge >= 0.3 is 0 Å². The number of rotatable bonds is 5. The third-order valence-corrected chi connectivity index (χ3v) is 5.26. The molecule has 0 bridgehead atoms. The Morgan fingerprint density at radius 1 is 1.20 bits per heavy atom. The molecule has 0 radical (unpaired) electrons. The zero-order chi connectivity index (χ0) is 14.8. The Kier molecular flexibility index (Phi) is 4.62. The van der Waals surface area contributed by atoms with Crippen LogP contribution in [0.5, 0.6) is 5.75 Å². The van der Waals surface area contributed by atoms with Crippen LogP contribution in [0.4, 0.5) is 0 Å². The van der Waals surface area contributed by atoms with Gasteiger partial charge in [0, 0.05) is 6.26 Å². The molecule has 0 unspecified atom stereocenters. The van der Waals surface area contributed by atoms with Crippen molar-refractivity contribution in [3.05, 3.63) is 45.1 Å². The third kappa shape index (κ3) is 3.91. The molecule has 0 aliphatic rings. The van der Waals surface area contributed by atoms with Crippen molar-refractivity contribution in [3.8, 4) is 5.75 Å². The number of ketones is 1. The van der Waals surface area contributed by atoms with Gasteiger partial charge in [-0.3, -0.25) is 4.79 Å². The first-order valence-electron chi connectivity index (χ1n) is 5.58. The Hall–Kier alpha value is -1.18. The second-order valence-corrected chi connectivity index (χ2v) is 8.54. The topological polar surface area (TPSA) is 60.4 Å². The van der Waals surface area contributed by atoms with Crippen LogP contribution in [0.2, 0.25) is 0 Å². The Balaban J connectivity index is 1.99. The van der Waals surface area contributed by atoms with Gasteiger partial charge in [-0.2, -0.15) is 0 Å². The maximum atomic E-state index is 11.8. The normalized spacial score (nSPS) is 11.3. The van der Waals surface area contributed by atoms with E-state index in [1.165, 1.54) is 35.6 Å². The van der Waals surface area contributed by atoms with Crippen LogP contribution in [0.1, 0.15) is 9.67 Å². The summed E-state index contributed by atoms with van der Waals surface area (Å²) in [6, 6.07) is 9.52. The second kappa shape index (κ2) is 6.07. The highest BCUT2D eigenvalue weighted by molar-refractivity contribution is 9.11. The van der Waals surface area contributed by atoms with E-state index in [1.807, 2.05) is 0 Å². The number of hydrogen-bond donors (Lipinski definition) is 0. The highest BCUT2D eigenvalue weighted by Crippen LogP contribution is 2.23. The van der Waals surface area contributed by atoms with E-state index >= 15 is 0 Å². The summed E-state index contributed by atoms with van der Waals surface area (Å²) >= 11 is 4.64. The molecule has 0 fully saturated rings. The Labute approximate surface area is 129 Å². The van der Waals surface area contributed by atoms with E-state index < -0.39 is 9.84 Å². The van der Waals surface area contributed by atoms with Gasteiger partial charge in [-0.15, -0.1) is 11.3 Å². The smallest absolute Gasteiger partial charge is 0.210 e. The number of hydrogen-bond acceptors (Lipinski definition) is 5. The van der Waals surface area contributed by atoms with Gasteiger partial charge in [-0.25, -0.2) is 8.42 Å². The molecule has 106 valence electrons. The van der Waals surface area contributed by atoms with Crippen LogP contribution in [0.15, 0.2) is 45.1 Å². The molecule has 7 heteroatoms. The van der Waals surface area contributed by atoms with E-state index in [0.717, 1.165) is 10.0 Å². The number of Topliss-reactive ketones (excluding diaryl/α,β-unsaturated/α-hetero) is 1. The fourth-order valence-electron chi connectivity index (χ4n) is 1.47. The molecule has 20 heavy (non-hydrogen) atoms. The summed E-state index contributed by atoms with van der Waals surface area (Å²) < 4.78 is 28.8. The van der Waals surface area contributed by atoms with Crippen LogP contribution in [0, 0.1) is 0 Å².